The number of anilines is 1. The van der Waals surface area contributed by atoms with Crippen molar-refractivity contribution in [3.05, 3.63) is 59.0 Å². The zero-order valence-corrected chi connectivity index (χ0v) is 17.3. The molecular weight excluding hydrogens is 388 g/mol. The molecule has 0 saturated carbocycles. The molecule has 0 bridgehead atoms. The van der Waals surface area contributed by atoms with Crippen molar-refractivity contribution in [3.8, 4) is 22.8 Å². The second-order valence-electron chi connectivity index (χ2n) is 6.38. The Hall–Kier alpha value is -3.19. The number of aryl methyl sites for hydroxylation is 1. The number of methoxy groups -OCH3 is 1. The molecule has 1 N–H and O–H groups in total. The van der Waals surface area contributed by atoms with Gasteiger partial charge in [0, 0.05) is 22.9 Å². The Labute approximate surface area is 173 Å². The Kier molecular flexibility index (Phi) is 6.61. The minimum atomic E-state index is -0.309. The largest absolute Gasteiger partial charge is 0.496 e. The summed E-state index contributed by atoms with van der Waals surface area (Å²) >= 11 is 1.34. The number of nitrogens with one attached hydrogen (secondary N) is 1. The highest BCUT2D eigenvalue weighted by molar-refractivity contribution is 7.14. The minimum Gasteiger partial charge on any atom is -0.496 e. The number of benzene rings is 2. The highest BCUT2D eigenvalue weighted by Crippen LogP contribution is 2.32. The van der Waals surface area contributed by atoms with Crippen LogP contribution >= 0.6 is 11.3 Å². The summed E-state index contributed by atoms with van der Waals surface area (Å²) in [5, 5.41) is 5.10. The van der Waals surface area contributed by atoms with E-state index >= 15 is 0 Å². The molecule has 0 aliphatic rings. The van der Waals surface area contributed by atoms with Gasteiger partial charge < -0.3 is 9.47 Å². The summed E-state index contributed by atoms with van der Waals surface area (Å²) in [5.74, 6) is 1.01. The van der Waals surface area contributed by atoms with Gasteiger partial charge in [0.15, 0.2) is 17.5 Å². The lowest BCUT2D eigenvalue weighted by atomic mass is 10.1. The molecule has 1 heterocycles. The Morgan fingerprint density at radius 3 is 2.59 bits per heavy atom. The number of thiazole rings is 1. The van der Waals surface area contributed by atoms with Crippen molar-refractivity contribution in [2.24, 2.45) is 0 Å². The normalized spacial score (nSPS) is 10.4. The van der Waals surface area contributed by atoms with Crippen LogP contribution in [-0.4, -0.2) is 30.4 Å². The molecule has 6 nitrogen and oxygen atoms in total. The zero-order chi connectivity index (χ0) is 20.8. The van der Waals surface area contributed by atoms with Crippen molar-refractivity contribution < 1.29 is 19.1 Å². The number of nitrogens with zero attached hydrogens (tertiary/aromatic N) is 1. The molecule has 0 unspecified atom stereocenters. The minimum absolute atomic E-state index is 0.0686. The summed E-state index contributed by atoms with van der Waals surface area (Å²) in [6.45, 7) is 3.67. The number of carbonyl (C=O) groups is 2. The van der Waals surface area contributed by atoms with Crippen molar-refractivity contribution in [3.63, 3.8) is 0 Å². The van der Waals surface area contributed by atoms with Crippen LogP contribution in [0.3, 0.4) is 0 Å². The molecular formula is C22H22N2O4S. The van der Waals surface area contributed by atoms with Gasteiger partial charge >= 0.3 is 0 Å². The van der Waals surface area contributed by atoms with Gasteiger partial charge in [0.05, 0.1) is 12.8 Å². The van der Waals surface area contributed by atoms with Gasteiger partial charge in [-0.1, -0.05) is 18.6 Å². The Morgan fingerprint density at radius 1 is 1.14 bits per heavy atom. The van der Waals surface area contributed by atoms with Crippen LogP contribution in [0, 0.1) is 6.92 Å². The molecule has 1 aromatic heterocycles. The molecule has 0 aliphatic heterocycles. The monoisotopic (exact) mass is 410 g/mol. The van der Waals surface area contributed by atoms with E-state index in [1.807, 2.05) is 37.4 Å². The third-order valence-corrected chi connectivity index (χ3v) is 5.01. The first-order valence-corrected chi connectivity index (χ1v) is 10.0. The molecule has 0 aliphatic carbocycles. The van der Waals surface area contributed by atoms with E-state index < -0.39 is 0 Å². The van der Waals surface area contributed by atoms with Gasteiger partial charge in [-0.3, -0.25) is 14.9 Å². The maximum atomic E-state index is 12.2. The average Bonchev–Trinajstić information content (AvgIpc) is 3.20. The maximum Gasteiger partial charge on any atom is 0.264 e. The topological polar surface area (TPSA) is 77.5 Å². The van der Waals surface area contributed by atoms with Crippen LogP contribution in [0.4, 0.5) is 5.13 Å². The summed E-state index contributed by atoms with van der Waals surface area (Å²) in [7, 11) is 1.62. The Balaban J connectivity index is 1.59. The number of hydrogen-bond acceptors (Lipinski definition) is 6. The molecule has 0 radical (unpaired) electrons. The standard InChI is InChI=1S/C22H22N2O4S/c1-4-19(25)15-6-8-16(9-7-15)28-12-21(26)24-22-23-18(13-29-22)17-11-14(2)5-10-20(17)27-3/h5-11,13H,4,12H2,1-3H3,(H,23,24,26). The molecule has 0 fully saturated rings. The Morgan fingerprint density at radius 2 is 1.90 bits per heavy atom. The fraction of sp³-hybridized carbons (Fsp3) is 0.227. The lowest BCUT2D eigenvalue weighted by Gasteiger charge is -2.07. The molecule has 7 heteroatoms. The molecule has 0 atom stereocenters. The number of rotatable bonds is 8. The molecule has 3 rings (SSSR count). The molecule has 0 saturated heterocycles. The number of ketones is 1. The first-order chi connectivity index (χ1) is 14.0. The number of aromatic nitrogens is 1. The van der Waals surface area contributed by atoms with Crippen LogP contribution < -0.4 is 14.8 Å². The van der Waals surface area contributed by atoms with Crippen LogP contribution in [0.1, 0.15) is 29.3 Å². The number of ether oxygens (including phenoxy) is 2. The van der Waals surface area contributed by atoms with Crippen LogP contribution in [-0.2, 0) is 4.79 Å². The van der Waals surface area contributed by atoms with E-state index in [1.165, 1.54) is 11.3 Å². The SMILES string of the molecule is CCC(=O)c1ccc(OCC(=O)Nc2nc(-c3cc(C)ccc3OC)cs2)cc1. The van der Waals surface area contributed by atoms with Gasteiger partial charge in [0.25, 0.3) is 5.91 Å². The summed E-state index contributed by atoms with van der Waals surface area (Å²) in [5.41, 5.74) is 3.34. The summed E-state index contributed by atoms with van der Waals surface area (Å²) < 4.78 is 10.9. The number of amides is 1. The van der Waals surface area contributed by atoms with Crippen LogP contribution in [0.5, 0.6) is 11.5 Å². The van der Waals surface area contributed by atoms with Gasteiger partial charge in [0.2, 0.25) is 0 Å². The summed E-state index contributed by atoms with van der Waals surface area (Å²) in [6.07, 6.45) is 0.451. The van der Waals surface area contributed by atoms with Crippen molar-refractivity contribution in [1.82, 2.24) is 4.98 Å². The predicted octanol–water partition coefficient (Wildman–Crippen LogP) is 4.74. The van der Waals surface area contributed by atoms with E-state index in [1.54, 1.807) is 31.4 Å². The first kappa shape index (κ1) is 20.5. The van der Waals surface area contributed by atoms with E-state index in [0.29, 0.717) is 22.9 Å². The molecule has 29 heavy (non-hydrogen) atoms. The van der Waals surface area contributed by atoms with Crippen molar-refractivity contribution >= 4 is 28.2 Å². The van der Waals surface area contributed by atoms with E-state index in [2.05, 4.69) is 10.3 Å². The second-order valence-corrected chi connectivity index (χ2v) is 7.24. The van der Waals surface area contributed by atoms with Gasteiger partial charge in [-0.15, -0.1) is 11.3 Å². The van der Waals surface area contributed by atoms with Crippen molar-refractivity contribution in [2.75, 3.05) is 19.0 Å². The second kappa shape index (κ2) is 9.34. The average molecular weight is 410 g/mol. The molecule has 3 aromatic rings. The van der Waals surface area contributed by atoms with Crippen LogP contribution in [0.15, 0.2) is 47.8 Å². The molecule has 0 spiro atoms. The summed E-state index contributed by atoms with van der Waals surface area (Å²) in [6, 6.07) is 12.6. The first-order valence-electron chi connectivity index (χ1n) is 9.16. The van der Waals surface area contributed by atoms with Gasteiger partial charge in [0.1, 0.15) is 11.5 Å². The third kappa shape index (κ3) is 5.20. The van der Waals surface area contributed by atoms with Crippen LogP contribution in [0.25, 0.3) is 11.3 Å². The quantitative estimate of drug-likeness (QED) is 0.543. The maximum absolute atomic E-state index is 12.2. The van der Waals surface area contributed by atoms with Gasteiger partial charge in [-0.2, -0.15) is 0 Å². The van der Waals surface area contributed by atoms with E-state index in [0.717, 1.165) is 22.6 Å². The number of hydrogen-bond donors (Lipinski definition) is 1. The van der Waals surface area contributed by atoms with Gasteiger partial charge in [-0.05, 0) is 43.3 Å². The number of carbonyl (C=O) groups excluding carboxylic acids is 2. The van der Waals surface area contributed by atoms with Gasteiger partial charge in [-0.25, -0.2) is 4.98 Å². The lowest BCUT2D eigenvalue weighted by Crippen LogP contribution is -2.20. The number of Topliss-reactive ketones (excluding diaryl/α,β-unsaturated/α-hetero) is 1. The van der Waals surface area contributed by atoms with Crippen molar-refractivity contribution in [2.45, 2.75) is 20.3 Å². The molecule has 1 amide bonds. The fourth-order valence-electron chi connectivity index (χ4n) is 2.72. The molecule has 2 aromatic carbocycles. The predicted molar refractivity (Wildman–Crippen MR) is 114 cm³/mol. The van der Waals surface area contributed by atoms with Crippen LogP contribution in [0.2, 0.25) is 0 Å². The van der Waals surface area contributed by atoms with E-state index in [-0.39, 0.29) is 18.3 Å². The summed E-state index contributed by atoms with van der Waals surface area (Å²) in [4.78, 5) is 28.3. The highest BCUT2D eigenvalue weighted by atomic mass is 32.1. The fourth-order valence-corrected chi connectivity index (χ4v) is 3.45. The zero-order valence-electron chi connectivity index (χ0n) is 16.5. The van der Waals surface area contributed by atoms with E-state index in [9.17, 15) is 9.59 Å². The van der Waals surface area contributed by atoms with E-state index in [4.69, 9.17) is 9.47 Å². The highest BCUT2D eigenvalue weighted by Gasteiger charge is 2.12. The van der Waals surface area contributed by atoms with Crippen molar-refractivity contribution in [1.29, 1.82) is 0 Å². The molecule has 150 valence electrons. The lowest BCUT2D eigenvalue weighted by molar-refractivity contribution is -0.118. The Bertz CT molecular complexity index is 1010. The third-order valence-electron chi connectivity index (χ3n) is 4.25. The smallest absolute Gasteiger partial charge is 0.264 e.